The first-order valence-corrected chi connectivity index (χ1v) is 13.8. The maximum absolute atomic E-state index is 14.5. The van der Waals surface area contributed by atoms with E-state index >= 15 is 0 Å². The molecular formula is C25H28F2N4O4S. The molecule has 192 valence electrons. The van der Waals surface area contributed by atoms with E-state index in [0.29, 0.717) is 42.3 Å². The van der Waals surface area contributed by atoms with Gasteiger partial charge in [-0.1, -0.05) is 12.1 Å². The maximum atomic E-state index is 14.5. The van der Waals surface area contributed by atoms with Gasteiger partial charge in [-0.3, -0.25) is 13.9 Å². The lowest BCUT2D eigenvalue weighted by atomic mass is 9.75. The Morgan fingerprint density at radius 1 is 1.08 bits per heavy atom. The van der Waals surface area contributed by atoms with Gasteiger partial charge in [0.05, 0.1) is 23.1 Å². The lowest BCUT2D eigenvalue weighted by Crippen LogP contribution is -2.38. The first-order valence-electron chi connectivity index (χ1n) is 11.9. The second-order valence-corrected chi connectivity index (χ2v) is 11.8. The van der Waals surface area contributed by atoms with Crippen LogP contribution in [0.25, 0.3) is 16.9 Å². The minimum atomic E-state index is -2.50. The third-order valence-electron chi connectivity index (χ3n) is 7.07. The number of aromatic nitrogens is 3. The van der Waals surface area contributed by atoms with Crippen LogP contribution in [0, 0.1) is 11.7 Å². The molecule has 1 aromatic carbocycles. The molecule has 3 atom stereocenters. The van der Waals surface area contributed by atoms with Crippen LogP contribution in [0.15, 0.2) is 48.8 Å². The van der Waals surface area contributed by atoms with Crippen molar-refractivity contribution in [3.8, 4) is 16.9 Å². The minimum Gasteiger partial charge on any atom is -0.481 e. The number of carboxylic acids is 1. The molecule has 0 radical (unpaired) electrons. The van der Waals surface area contributed by atoms with Gasteiger partial charge in [0.1, 0.15) is 6.17 Å². The summed E-state index contributed by atoms with van der Waals surface area (Å²) in [7, 11) is -2.50. The summed E-state index contributed by atoms with van der Waals surface area (Å²) in [6, 6.07) is 10.4. The van der Waals surface area contributed by atoms with Crippen LogP contribution in [0.4, 0.5) is 14.5 Å². The fourth-order valence-electron chi connectivity index (χ4n) is 5.09. The predicted molar refractivity (Wildman–Crippen MR) is 134 cm³/mol. The molecule has 2 aliphatic rings. The topological polar surface area (TPSA) is 112 Å². The monoisotopic (exact) mass is 518 g/mol. The third kappa shape index (κ3) is 4.95. The van der Waals surface area contributed by atoms with Crippen molar-refractivity contribution in [3.05, 3.63) is 60.3 Å². The molecule has 2 fully saturated rings. The molecule has 1 saturated carbocycles. The Bertz CT molecular complexity index is 1240. The number of hydrogen-bond donors (Lipinski definition) is 3. The fraction of sp³-hybridized carbons (Fsp3) is 0.400. The second kappa shape index (κ2) is 9.79. The summed E-state index contributed by atoms with van der Waals surface area (Å²) in [4.78, 5) is 18.2. The van der Waals surface area contributed by atoms with E-state index in [-0.39, 0.29) is 18.7 Å². The average molecular weight is 519 g/mol. The van der Waals surface area contributed by atoms with Gasteiger partial charge in [-0.15, -0.1) is 0 Å². The molecule has 3 aromatic rings. The Kier molecular flexibility index (Phi) is 6.71. The Balaban J connectivity index is 1.52. The lowest BCUT2D eigenvalue weighted by Gasteiger charge is -2.41. The standard InChI is InChI=1S/C25H28F2N4O4S/c26-17-5-8-19(20(14-17)25(32)33)23-21(15-31(29-23)24-22(27)2-1-9-28-24)16-3-6-18(7-4-16)30-10-12-36(34,35)13-11-30/h1-4,6-7,9,15,17,19-20,34-35H,5,8,10-14H2,(H,32,33)/t17-,19+,20+/m0/s1. The highest BCUT2D eigenvalue weighted by molar-refractivity contribution is 8.24. The molecule has 1 aliphatic heterocycles. The molecule has 36 heavy (non-hydrogen) atoms. The van der Waals surface area contributed by atoms with Gasteiger partial charge < -0.3 is 10.0 Å². The van der Waals surface area contributed by atoms with E-state index in [4.69, 9.17) is 0 Å². The number of rotatable bonds is 5. The smallest absolute Gasteiger partial charge is 0.307 e. The van der Waals surface area contributed by atoms with Gasteiger partial charge >= 0.3 is 5.97 Å². The molecule has 1 aliphatic carbocycles. The van der Waals surface area contributed by atoms with Crippen molar-refractivity contribution < 1.29 is 27.8 Å². The lowest BCUT2D eigenvalue weighted by molar-refractivity contribution is -0.144. The zero-order valence-corrected chi connectivity index (χ0v) is 20.3. The molecule has 3 heterocycles. The van der Waals surface area contributed by atoms with E-state index < -0.39 is 40.4 Å². The van der Waals surface area contributed by atoms with Crippen molar-refractivity contribution in [1.29, 1.82) is 0 Å². The SMILES string of the molecule is O=C(O)[C@@H]1C[C@@H](F)CC[C@H]1c1nn(-c2ncccc2F)cc1-c1ccc(N2CCS(O)(O)CC2)cc1. The minimum absolute atomic E-state index is 0.0000187. The van der Waals surface area contributed by atoms with Crippen molar-refractivity contribution >= 4 is 22.2 Å². The van der Waals surface area contributed by atoms with Crippen molar-refractivity contribution in [3.63, 3.8) is 0 Å². The number of anilines is 1. The second-order valence-electron chi connectivity index (χ2n) is 9.39. The normalized spacial score (nSPS) is 24.9. The average Bonchev–Trinajstić information content (AvgIpc) is 3.29. The van der Waals surface area contributed by atoms with Gasteiger partial charge in [0.25, 0.3) is 0 Å². The third-order valence-corrected chi connectivity index (χ3v) is 8.75. The number of hydrogen-bond acceptors (Lipinski definition) is 6. The van der Waals surface area contributed by atoms with E-state index in [9.17, 15) is 27.8 Å². The van der Waals surface area contributed by atoms with Gasteiger partial charge in [0.2, 0.25) is 0 Å². The zero-order valence-electron chi connectivity index (χ0n) is 19.5. The molecular weight excluding hydrogens is 490 g/mol. The van der Waals surface area contributed by atoms with Crippen LogP contribution < -0.4 is 4.90 Å². The van der Waals surface area contributed by atoms with E-state index in [1.807, 2.05) is 24.3 Å². The van der Waals surface area contributed by atoms with Crippen molar-refractivity contribution in [2.45, 2.75) is 31.4 Å². The number of pyridine rings is 1. The fourth-order valence-corrected chi connectivity index (χ4v) is 6.32. The summed E-state index contributed by atoms with van der Waals surface area (Å²) in [5.41, 5.74) is 2.83. The van der Waals surface area contributed by atoms with Crippen LogP contribution in [0.1, 0.15) is 30.9 Å². The summed E-state index contributed by atoms with van der Waals surface area (Å²) in [5.74, 6) is -2.43. The summed E-state index contributed by atoms with van der Waals surface area (Å²) in [5, 5.41) is 14.4. The number of carbonyl (C=O) groups is 1. The van der Waals surface area contributed by atoms with Crippen LogP contribution in [0.5, 0.6) is 0 Å². The van der Waals surface area contributed by atoms with Gasteiger partial charge in [-0.2, -0.15) is 15.7 Å². The molecule has 11 heteroatoms. The molecule has 0 unspecified atom stereocenters. The number of aliphatic carboxylic acids is 1. The number of carboxylic acid groups (broad SMARTS) is 1. The number of benzene rings is 1. The predicted octanol–water partition coefficient (Wildman–Crippen LogP) is 4.95. The number of alkyl halides is 1. The highest BCUT2D eigenvalue weighted by atomic mass is 32.3. The first kappa shape index (κ1) is 24.7. The molecule has 0 amide bonds. The zero-order chi connectivity index (χ0) is 25.4. The van der Waals surface area contributed by atoms with Crippen LogP contribution in [0.2, 0.25) is 0 Å². The van der Waals surface area contributed by atoms with Crippen LogP contribution in [-0.2, 0) is 4.79 Å². The summed E-state index contributed by atoms with van der Waals surface area (Å²) >= 11 is 0. The molecule has 0 bridgehead atoms. The van der Waals surface area contributed by atoms with E-state index in [2.05, 4.69) is 15.0 Å². The van der Waals surface area contributed by atoms with Gasteiger partial charge in [0.15, 0.2) is 11.6 Å². The Morgan fingerprint density at radius 3 is 2.47 bits per heavy atom. The Hall–Kier alpha value is -3.02. The molecule has 1 saturated heterocycles. The van der Waals surface area contributed by atoms with Crippen molar-refractivity contribution in [2.75, 3.05) is 29.5 Å². The Morgan fingerprint density at radius 2 is 1.81 bits per heavy atom. The quantitative estimate of drug-likeness (QED) is 0.438. The van der Waals surface area contributed by atoms with E-state index in [1.165, 1.54) is 23.0 Å². The molecule has 2 aromatic heterocycles. The summed E-state index contributed by atoms with van der Waals surface area (Å²) in [6.07, 6.45) is 2.40. The Labute approximate surface area is 208 Å². The van der Waals surface area contributed by atoms with Gasteiger partial charge in [0, 0.05) is 42.7 Å². The maximum Gasteiger partial charge on any atom is 0.307 e. The van der Waals surface area contributed by atoms with Crippen LogP contribution >= 0.6 is 10.6 Å². The molecule has 3 N–H and O–H groups in total. The van der Waals surface area contributed by atoms with Crippen LogP contribution in [-0.4, -0.2) is 65.7 Å². The van der Waals surface area contributed by atoms with Crippen molar-refractivity contribution in [1.82, 2.24) is 14.8 Å². The largest absolute Gasteiger partial charge is 0.481 e. The number of halogens is 2. The molecule has 5 rings (SSSR count). The summed E-state index contributed by atoms with van der Waals surface area (Å²) in [6.45, 7) is 1.08. The molecule has 0 spiro atoms. The van der Waals surface area contributed by atoms with Crippen LogP contribution in [0.3, 0.4) is 0 Å². The summed E-state index contributed by atoms with van der Waals surface area (Å²) < 4.78 is 49.7. The van der Waals surface area contributed by atoms with Gasteiger partial charge in [-0.25, -0.2) is 18.4 Å². The first-order chi connectivity index (χ1) is 17.2. The highest BCUT2D eigenvalue weighted by Gasteiger charge is 2.39. The van der Waals surface area contributed by atoms with Crippen molar-refractivity contribution in [2.24, 2.45) is 5.92 Å². The van der Waals surface area contributed by atoms with E-state index in [0.717, 1.165) is 11.3 Å². The van der Waals surface area contributed by atoms with E-state index in [1.54, 1.807) is 6.20 Å². The highest BCUT2D eigenvalue weighted by Crippen LogP contribution is 2.44. The molecule has 8 nitrogen and oxygen atoms in total. The number of nitrogens with zero attached hydrogens (tertiary/aromatic N) is 4. The van der Waals surface area contributed by atoms with Gasteiger partial charge in [-0.05, 0) is 49.1 Å².